The van der Waals surface area contributed by atoms with Crippen LogP contribution in [0, 0.1) is 6.92 Å². The first kappa shape index (κ1) is 11.1. The Balaban J connectivity index is 1.82. The zero-order valence-electron chi connectivity index (χ0n) is 9.74. The average molecular weight is 221 g/mol. The Bertz CT molecular complexity index is 346. The first-order valence-corrected chi connectivity index (χ1v) is 5.81. The van der Waals surface area contributed by atoms with Gasteiger partial charge >= 0.3 is 0 Å². The Morgan fingerprint density at radius 2 is 2.19 bits per heavy atom. The summed E-state index contributed by atoms with van der Waals surface area (Å²) in [5, 5.41) is 3.31. The smallest absolute Gasteiger partial charge is 0.221 e. The molecule has 0 aliphatic carbocycles. The van der Waals surface area contributed by atoms with Gasteiger partial charge in [0, 0.05) is 24.8 Å². The topological polar surface area (TPSA) is 67.1 Å². The molecule has 2 rings (SSSR count). The van der Waals surface area contributed by atoms with Gasteiger partial charge in [0.25, 0.3) is 0 Å². The van der Waals surface area contributed by atoms with Crippen LogP contribution in [0.2, 0.25) is 0 Å². The lowest BCUT2D eigenvalue weighted by Gasteiger charge is -2.15. The lowest BCUT2D eigenvalue weighted by atomic mass is 10.3. The summed E-state index contributed by atoms with van der Waals surface area (Å²) < 4.78 is 0. The Kier molecular flexibility index (Phi) is 3.56. The van der Waals surface area contributed by atoms with Crippen molar-refractivity contribution in [2.45, 2.75) is 19.8 Å². The van der Waals surface area contributed by atoms with Crippen LogP contribution in [0.25, 0.3) is 0 Å². The van der Waals surface area contributed by atoms with Crippen molar-refractivity contribution in [1.29, 1.82) is 0 Å². The van der Waals surface area contributed by atoms with Gasteiger partial charge in [0.05, 0.1) is 0 Å². The molecule has 0 saturated carbocycles. The lowest BCUT2D eigenvalue weighted by Crippen LogP contribution is -2.26. The molecule has 5 heteroatoms. The second kappa shape index (κ2) is 5.12. The van der Waals surface area contributed by atoms with Crippen LogP contribution in [0.5, 0.6) is 0 Å². The van der Waals surface area contributed by atoms with Crippen molar-refractivity contribution < 1.29 is 0 Å². The molecule has 0 aromatic carbocycles. The molecule has 5 nitrogen and oxygen atoms in total. The molecule has 16 heavy (non-hydrogen) atoms. The molecule has 3 N–H and O–H groups in total. The maximum atomic E-state index is 5.55. The molecule has 0 bridgehead atoms. The van der Waals surface area contributed by atoms with E-state index in [2.05, 4.69) is 20.2 Å². The molecule has 0 spiro atoms. The Morgan fingerprint density at radius 1 is 1.44 bits per heavy atom. The van der Waals surface area contributed by atoms with E-state index >= 15 is 0 Å². The van der Waals surface area contributed by atoms with Gasteiger partial charge in [0.1, 0.15) is 5.82 Å². The van der Waals surface area contributed by atoms with E-state index in [1.807, 2.05) is 6.92 Å². The van der Waals surface area contributed by atoms with Crippen LogP contribution < -0.4 is 11.1 Å². The molecule has 88 valence electrons. The highest BCUT2D eigenvalue weighted by Crippen LogP contribution is 2.11. The van der Waals surface area contributed by atoms with E-state index in [0.29, 0.717) is 5.95 Å². The number of nitrogens with zero attached hydrogens (tertiary/aromatic N) is 3. The maximum absolute atomic E-state index is 5.55. The molecule has 1 fully saturated rings. The normalized spacial score (nSPS) is 16.6. The number of aromatic nitrogens is 2. The fourth-order valence-electron chi connectivity index (χ4n) is 1.97. The third-order valence-corrected chi connectivity index (χ3v) is 2.91. The predicted octanol–water partition coefficient (Wildman–Crippen LogP) is 0.875. The third-order valence-electron chi connectivity index (χ3n) is 2.91. The molecule has 1 aromatic heterocycles. The van der Waals surface area contributed by atoms with Crippen LogP contribution in [0.1, 0.15) is 18.4 Å². The minimum absolute atomic E-state index is 0.328. The number of anilines is 2. The molecule has 1 aliphatic heterocycles. The monoisotopic (exact) mass is 221 g/mol. The maximum Gasteiger partial charge on any atom is 0.221 e. The molecule has 1 aromatic rings. The molecule has 1 saturated heterocycles. The summed E-state index contributed by atoms with van der Waals surface area (Å²) in [5.74, 6) is 1.18. The number of aryl methyl sites for hydroxylation is 1. The van der Waals surface area contributed by atoms with Crippen molar-refractivity contribution in [3.8, 4) is 0 Å². The van der Waals surface area contributed by atoms with Crippen LogP contribution in [0.15, 0.2) is 6.20 Å². The highest BCUT2D eigenvalue weighted by atomic mass is 15.2. The fourth-order valence-corrected chi connectivity index (χ4v) is 1.97. The number of hydrogen-bond donors (Lipinski definition) is 2. The zero-order valence-corrected chi connectivity index (χ0v) is 9.74. The number of nitrogens with two attached hydrogens (primary N) is 1. The van der Waals surface area contributed by atoms with Crippen LogP contribution in [-0.2, 0) is 0 Å². The summed E-state index contributed by atoms with van der Waals surface area (Å²) in [7, 11) is 0. The van der Waals surface area contributed by atoms with Crippen molar-refractivity contribution in [1.82, 2.24) is 14.9 Å². The van der Waals surface area contributed by atoms with Gasteiger partial charge in [0.2, 0.25) is 5.95 Å². The summed E-state index contributed by atoms with van der Waals surface area (Å²) in [6, 6.07) is 0. The van der Waals surface area contributed by atoms with E-state index < -0.39 is 0 Å². The second-order valence-corrected chi connectivity index (χ2v) is 4.24. The van der Waals surface area contributed by atoms with Crippen molar-refractivity contribution in [2.75, 3.05) is 37.2 Å². The zero-order chi connectivity index (χ0) is 11.4. The minimum Gasteiger partial charge on any atom is -0.368 e. The van der Waals surface area contributed by atoms with Crippen LogP contribution in [-0.4, -0.2) is 41.0 Å². The number of nitrogen functional groups attached to an aromatic ring is 1. The number of hydrogen-bond acceptors (Lipinski definition) is 5. The molecule has 0 amide bonds. The van der Waals surface area contributed by atoms with Gasteiger partial charge in [-0.3, -0.25) is 0 Å². The molecule has 0 radical (unpaired) electrons. The minimum atomic E-state index is 0.328. The van der Waals surface area contributed by atoms with E-state index in [1.54, 1.807) is 6.20 Å². The van der Waals surface area contributed by atoms with Crippen LogP contribution >= 0.6 is 0 Å². The lowest BCUT2D eigenvalue weighted by molar-refractivity contribution is 0.352. The van der Waals surface area contributed by atoms with Crippen molar-refractivity contribution in [3.05, 3.63) is 11.8 Å². The van der Waals surface area contributed by atoms with Gasteiger partial charge in [-0.15, -0.1) is 0 Å². The second-order valence-electron chi connectivity index (χ2n) is 4.24. The summed E-state index contributed by atoms with van der Waals surface area (Å²) in [5.41, 5.74) is 6.59. The number of likely N-dealkylation sites (tertiary alicyclic amines) is 1. The van der Waals surface area contributed by atoms with E-state index in [0.717, 1.165) is 24.5 Å². The van der Waals surface area contributed by atoms with Gasteiger partial charge in [-0.2, -0.15) is 4.98 Å². The number of nitrogens with one attached hydrogen (secondary N) is 1. The first-order chi connectivity index (χ1) is 7.75. The highest BCUT2D eigenvalue weighted by Gasteiger charge is 2.10. The number of rotatable bonds is 4. The molecular weight excluding hydrogens is 202 g/mol. The predicted molar refractivity (Wildman–Crippen MR) is 65.3 cm³/mol. The van der Waals surface area contributed by atoms with E-state index in [-0.39, 0.29) is 0 Å². The van der Waals surface area contributed by atoms with Crippen LogP contribution in [0.4, 0.5) is 11.8 Å². The largest absolute Gasteiger partial charge is 0.368 e. The summed E-state index contributed by atoms with van der Waals surface area (Å²) in [6.07, 6.45) is 4.42. The van der Waals surface area contributed by atoms with Crippen LogP contribution in [0.3, 0.4) is 0 Å². The van der Waals surface area contributed by atoms with Crippen molar-refractivity contribution in [2.24, 2.45) is 0 Å². The Hall–Kier alpha value is -1.36. The van der Waals surface area contributed by atoms with Gasteiger partial charge in [-0.1, -0.05) is 0 Å². The van der Waals surface area contributed by atoms with Crippen molar-refractivity contribution in [3.63, 3.8) is 0 Å². The molecule has 0 unspecified atom stereocenters. The quantitative estimate of drug-likeness (QED) is 0.790. The average Bonchev–Trinajstić information content (AvgIpc) is 2.76. The molecule has 1 aliphatic rings. The van der Waals surface area contributed by atoms with Crippen molar-refractivity contribution >= 4 is 11.8 Å². The van der Waals surface area contributed by atoms with Gasteiger partial charge < -0.3 is 16.0 Å². The molecule has 0 atom stereocenters. The van der Waals surface area contributed by atoms with E-state index in [1.165, 1.54) is 25.9 Å². The third kappa shape index (κ3) is 2.82. The summed E-state index contributed by atoms with van der Waals surface area (Å²) >= 11 is 0. The SMILES string of the molecule is Cc1cnc(N)nc1NCCN1CCCC1. The van der Waals surface area contributed by atoms with Gasteiger partial charge in [0.15, 0.2) is 0 Å². The standard InChI is InChI=1S/C11H19N5/c1-9-8-14-11(12)15-10(9)13-4-7-16-5-2-3-6-16/h8H,2-7H2,1H3,(H3,12,13,14,15). The Labute approximate surface area is 96.1 Å². The van der Waals surface area contributed by atoms with Gasteiger partial charge in [-0.05, 0) is 32.9 Å². The first-order valence-electron chi connectivity index (χ1n) is 5.81. The Morgan fingerprint density at radius 3 is 2.94 bits per heavy atom. The fraction of sp³-hybridized carbons (Fsp3) is 0.636. The summed E-state index contributed by atoms with van der Waals surface area (Å²) in [6.45, 7) is 6.43. The van der Waals surface area contributed by atoms with E-state index in [9.17, 15) is 0 Å². The van der Waals surface area contributed by atoms with E-state index in [4.69, 9.17) is 5.73 Å². The highest BCUT2D eigenvalue weighted by molar-refractivity contribution is 5.44. The summed E-state index contributed by atoms with van der Waals surface area (Å²) in [4.78, 5) is 10.6. The molecular formula is C11H19N5. The molecule has 2 heterocycles. The van der Waals surface area contributed by atoms with Gasteiger partial charge in [-0.25, -0.2) is 4.98 Å².